The van der Waals surface area contributed by atoms with Gasteiger partial charge in [0.2, 0.25) is 0 Å². The van der Waals surface area contributed by atoms with Gasteiger partial charge in [-0.25, -0.2) is 4.79 Å². The highest BCUT2D eigenvalue weighted by atomic mass is 16.5. The van der Waals surface area contributed by atoms with Crippen LogP contribution in [0.15, 0.2) is 18.3 Å². The number of carbonyl (C=O) groups is 1. The first-order valence-corrected chi connectivity index (χ1v) is 5.43. The maximum absolute atomic E-state index is 11.3. The number of fused-ring (bicyclic) bond motifs is 1. The number of hydrogen-bond donors (Lipinski definition) is 1. The Morgan fingerprint density at radius 1 is 1.69 bits per heavy atom. The van der Waals surface area contributed by atoms with E-state index >= 15 is 0 Å². The summed E-state index contributed by atoms with van der Waals surface area (Å²) in [5, 5.41) is 9.87. The van der Waals surface area contributed by atoms with E-state index in [4.69, 9.17) is 0 Å². The van der Waals surface area contributed by atoms with Crippen molar-refractivity contribution < 1.29 is 14.6 Å². The Balaban J connectivity index is 2.28. The topological polar surface area (TPSA) is 59.4 Å². The zero-order valence-electron chi connectivity index (χ0n) is 9.22. The molecule has 1 N–H and O–H groups in total. The van der Waals surface area contributed by atoms with E-state index in [9.17, 15) is 9.90 Å². The van der Waals surface area contributed by atoms with Crippen LogP contribution >= 0.6 is 0 Å². The number of esters is 1. The summed E-state index contributed by atoms with van der Waals surface area (Å²) in [5.74, 6) is -0.805. The third-order valence-corrected chi connectivity index (χ3v) is 3.06. The molecule has 1 aliphatic rings. The predicted molar refractivity (Wildman–Crippen MR) is 57.9 cm³/mol. The Bertz CT molecular complexity index is 392. The lowest BCUT2D eigenvalue weighted by Gasteiger charge is -2.26. The molecule has 0 amide bonds. The Labute approximate surface area is 94.3 Å². The van der Waals surface area contributed by atoms with Crippen LogP contribution in [0.1, 0.15) is 30.0 Å². The molecule has 0 saturated heterocycles. The molecular weight excluding hydrogens is 206 g/mol. The molecule has 1 aliphatic carbocycles. The van der Waals surface area contributed by atoms with E-state index in [1.807, 2.05) is 12.1 Å². The van der Waals surface area contributed by atoms with Crippen LogP contribution in [0, 0.1) is 0 Å². The van der Waals surface area contributed by atoms with E-state index in [2.05, 4.69) is 9.72 Å². The van der Waals surface area contributed by atoms with Gasteiger partial charge in [-0.2, -0.15) is 0 Å². The predicted octanol–water partition coefficient (Wildman–Crippen LogP) is 1.04. The average molecular weight is 221 g/mol. The maximum Gasteiger partial charge on any atom is 0.335 e. The molecule has 0 radical (unpaired) electrons. The van der Waals surface area contributed by atoms with Gasteiger partial charge in [-0.05, 0) is 30.9 Å². The van der Waals surface area contributed by atoms with Gasteiger partial charge in [0.05, 0.1) is 7.11 Å². The van der Waals surface area contributed by atoms with Gasteiger partial charge in [0.1, 0.15) is 0 Å². The van der Waals surface area contributed by atoms with Crippen molar-refractivity contribution in [2.24, 2.45) is 0 Å². The van der Waals surface area contributed by atoms with Crippen molar-refractivity contribution in [1.82, 2.24) is 4.98 Å². The molecule has 1 heterocycles. The van der Waals surface area contributed by atoms with Crippen molar-refractivity contribution in [2.45, 2.75) is 31.3 Å². The second-order valence-corrected chi connectivity index (χ2v) is 4.01. The fourth-order valence-electron chi connectivity index (χ4n) is 2.24. The Kier molecular flexibility index (Phi) is 3.19. The quantitative estimate of drug-likeness (QED) is 0.758. The minimum Gasteiger partial charge on any atom is -0.467 e. The molecule has 2 unspecified atom stereocenters. The number of pyridine rings is 1. The first kappa shape index (κ1) is 11.1. The largest absolute Gasteiger partial charge is 0.467 e. The molecular formula is C12H15NO3. The van der Waals surface area contributed by atoms with Crippen LogP contribution in [-0.2, 0) is 16.0 Å². The first-order valence-electron chi connectivity index (χ1n) is 5.43. The van der Waals surface area contributed by atoms with Crippen LogP contribution in [0.2, 0.25) is 0 Å². The molecule has 0 saturated carbocycles. The summed E-state index contributed by atoms with van der Waals surface area (Å²) < 4.78 is 4.56. The van der Waals surface area contributed by atoms with Crippen molar-refractivity contribution in [3.8, 4) is 0 Å². The van der Waals surface area contributed by atoms with Gasteiger partial charge in [0.15, 0.2) is 6.10 Å². The second-order valence-electron chi connectivity index (χ2n) is 4.01. The van der Waals surface area contributed by atoms with Crippen molar-refractivity contribution in [2.75, 3.05) is 7.11 Å². The molecule has 1 aromatic heterocycles. The number of carbonyl (C=O) groups excluding carboxylic acids is 1. The van der Waals surface area contributed by atoms with Gasteiger partial charge in [0.25, 0.3) is 0 Å². The molecule has 86 valence electrons. The highest BCUT2D eigenvalue weighted by Crippen LogP contribution is 2.32. The van der Waals surface area contributed by atoms with E-state index < -0.39 is 12.1 Å². The second kappa shape index (κ2) is 4.61. The minimum atomic E-state index is -1.10. The summed E-state index contributed by atoms with van der Waals surface area (Å²) in [6.07, 6.45) is 3.31. The van der Waals surface area contributed by atoms with Crippen molar-refractivity contribution in [3.63, 3.8) is 0 Å². The van der Waals surface area contributed by atoms with Gasteiger partial charge in [0, 0.05) is 17.8 Å². The Morgan fingerprint density at radius 2 is 2.50 bits per heavy atom. The molecule has 0 aromatic carbocycles. The number of methoxy groups -OCH3 is 1. The third-order valence-electron chi connectivity index (χ3n) is 3.06. The maximum atomic E-state index is 11.3. The highest BCUT2D eigenvalue weighted by molar-refractivity contribution is 5.75. The van der Waals surface area contributed by atoms with Crippen LogP contribution in [0.25, 0.3) is 0 Å². The average Bonchev–Trinajstić information content (AvgIpc) is 2.36. The number of aliphatic hydroxyl groups is 1. The lowest BCUT2D eigenvalue weighted by atomic mass is 9.83. The van der Waals surface area contributed by atoms with Crippen LogP contribution < -0.4 is 0 Å². The van der Waals surface area contributed by atoms with Crippen LogP contribution in [0.3, 0.4) is 0 Å². The molecule has 0 aliphatic heterocycles. The third kappa shape index (κ3) is 1.93. The zero-order chi connectivity index (χ0) is 11.5. The lowest BCUT2D eigenvalue weighted by Crippen LogP contribution is -2.32. The molecule has 0 bridgehead atoms. The van der Waals surface area contributed by atoms with Gasteiger partial charge in [-0.3, -0.25) is 4.98 Å². The monoisotopic (exact) mass is 221 g/mol. The van der Waals surface area contributed by atoms with Gasteiger partial charge in [-0.1, -0.05) is 6.07 Å². The fraction of sp³-hybridized carbons (Fsp3) is 0.500. The summed E-state index contributed by atoms with van der Waals surface area (Å²) >= 11 is 0. The van der Waals surface area contributed by atoms with Crippen LogP contribution in [0.5, 0.6) is 0 Å². The van der Waals surface area contributed by atoms with Crippen LogP contribution in [0.4, 0.5) is 0 Å². The van der Waals surface area contributed by atoms with E-state index in [1.165, 1.54) is 7.11 Å². The molecule has 4 heteroatoms. The molecule has 1 aromatic rings. The summed E-state index contributed by atoms with van der Waals surface area (Å²) in [6.45, 7) is 0. The zero-order valence-corrected chi connectivity index (χ0v) is 9.22. The van der Waals surface area contributed by atoms with Gasteiger partial charge < -0.3 is 9.84 Å². The number of aryl methyl sites for hydroxylation is 1. The molecule has 16 heavy (non-hydrogen) atoms. The smallest absolute Gasteiger partial charge is 0.335 e. The molecule has 0 spiro atoms. The van der Waals surface area contributed by atoms with Gasteiger partial charge in [-0.15, -0.1) is 0 Å². The molecule has 0 fully saturated rings. The van der Waals surface area contributed by atoms with Crippen molar-refractivity contribution in [1.29, 1.82) is 0 Å². The minimum absolute atomic E-state index is 0.225. The normalized spacial score (nSPS) is 21.0. The van der Waals surface area contributed by atoms with E-state index in [0.29, 0.717) is 0 Å². The molecule has 4 nitrogen and oxygen atoms in total. The van der Waals surface area contributed by atoms with Crippen molar-refractivity contribution in [3.05, 3.63) is 29.6 Å². The van der Waals surface area contributed by atoms with Crippen molar-refractivity contribution >= 4 is 5.97 Å². The van der Waals surface area contributed by atoms with Gasteiger partial charge >= 0.3 is 5.97 Å². The number of nitrogens with zero attached hydrogens (tertiary/aromatic N) is 1. The highest BCUT2D eigenvalue weighted by Gasteiger charge is 2.32. The number of ether oxygens (including phenoxy) is 1. The van der Waals surface area contributed by atoms with E-state index in [1.54, 1.807) is 6.20 Å². The van der Waals surface area contributed by atoms with Crippen LogP contribution in [-0.4, -0.2) is 29.3 Å². The van der Waals surface area contributed by atoms with E-state index in [0.717, 1.165) is 30.5 Å². The Morgan fingerprint density at radius 3 is 3.25 bits per heavy atom. The standard InChI is InChI=1S/C12H15NO3/c1-16-12(15)11(14)9-6-2-4-8-5-3-7-13-10(8)9/h3,5,7,9,11,14H,2,4,6H2,1H3. The fourth-order valence-corrected chi connectivity index (χ4v) is 2.24. The summed E-state index contributed by atoms with van der Waals surface area (Å²) in [6, 6.07) is 3.88. The summed E-state index contributed by atoms with van der Waals surface area (Å²) in [5.41, 5.74) is 1.97. The first-order chi connectivity index (χ1) is 7.74. The summed E-state index contributed by atoms with van der Waals surface area (Å²) in [4.78, 5) is 15.6. The molecule has 2 atom stereocenters. The molecule has 2 rings (SSSR count). The SMILES string of the molecule is COC(=O)C(O)C1CCCc2cccnc21. The summed E-state index contributed by atoms with van der Waals surface area (Å²) in [7, 11) is 1.29. The lowest BCUT2D eigenvalue weighted by molar-refractivity contribution is -0.151. The number of aromatic nitrogens is 1. The number of rotatable bonds is 2. The number of aliphatic hydroxyl groups excluding tert-OH is 1. The number of hydrogen-bond acceptors (Lipinski definition) is 4. The van der Waals surface area contributed by atoms with E-state index in [-0.39, 0.29) is 5.92 Å². The Hall–Kier alpha value is -1.42.